The minimum atomic E-state index is -0.545. The van der Waals surface area contributed by atoms with Crippen LogP contribution in [-0.2, 0) is 16.0 Å². The van der Waals surface area contributed by atoms with Crippen LogP contribution in [0.1, 0.15) is 33.2 Å². The van der Waals surface area contributed by atoms with E-state index in [4.69, 9.17) is 14.2 Å². The lowest BCUT2D eigenvalue weighted by atomic mass is 10.1. The predicted octanol–water partition coefficient (Wildman–Crippen LogP) is 4.79. The van der Waals surface area contributed by atoms with Gasteiger partial charge in [-0.1, -0.05) is 36.9 Å². The van der Waals surface area contributed by atoms with Gasteiger partial charge in [0, 0.05) is 12.0 Å². The molecule has 0 aliphatic heterocycles. The first-order valence-electron chi connectivity index (χ1n) is 9.93. The summed E-state index contributed by atoms with van der Waals surface area (Å²) in [6.07, 6.45) is 0.536. The summed E-state index contributed by atoms with van der Waals surface area (Å²) < 4.78 is 15.7. The van der Waals surface area contributed by atoms with Gasteiger partial charge >= 0.3 is 17.9 Å². The normalized spacial score (nSPS) is 10.2. The molecule has 0 fully saturated rings. The van der Waals surface area contributed by atoms with Crippen molar-refractivity contribution >= 4 is 17.9 Å². The highest BCUT2D eigenvalue weighted by Crippen LogP contribution is 2.16. The number of rotatable bonds is 8. The van der Waals surface area contributed by atoms with E-state index in [1.807, 2.05) is 6.07 Å². The van der Waals surface area contributed by atoms with Gasteiger partial charge in [-0.05, 0) is 61.0 Å². The molecule has 0 aliphatic carbocycles. The molecule has 0 aromatic heterocycles. The molecule has 0 saturated heterocycles. The van der Waals surface area contributed by atoms with Crippen LogP contribution in [0.15, 0.2) is 91.0 Å². The third-order valence-corrected chi connectivity index (χ3v) is 4.42. The van der Waals surface area contributed by atoms with Gasteiger partial charge in [-0.2, -0.15) is 0 Å². The van der Waals surface area contributed by atoms with E-state index in [0.29, 0.717) is 34.6 Å². The van der Waals surface area contributed by atoms with Crippen LogP contribution in [0, 0.1) is 0 Å². The fourth-order valence-electron chi connectivity index (χ4n) is 2.67. The van der Waals surface area contributed by atoms with Gasteiger partial charge in [-0.15, -0.1) is 0 Å². The first-order valence-corrected chi connectivity index (χ1v) is 9.93. The third-order valence-electron chi connectivity index (χ3n) is 4.42. The van der Waals surface area contributed by atoms with Crippen LogP contribution < -0.4 is 9.47 Å². The number of carbonyl (C=O) groups is 3. The van der Waals surface area contributed by atoms with Crippen molar-refractivity contribution in [3.8, 4) is 11.5 Å². The van der Waals surface area contributed by atoms with E-state index in [-0.39, 0.29) is 6.61 Å². The maximum absolute atomic E-state index is 12.4. The number of ether oxygens (including phenoxy) is 3. The van der Waals surface area contributed by atoms with Crippen LogP contribution in [0.4, 0.5) is 0 Å². The number of esters is 3. The Balaban J connectivity index is 1.52. The van der Waals surface area contributed by atoms with E-state index >= 15 is 0 Å². The topological polar surface area (TPSA) is 78.9 Å². The Morgan fingerprint density at radius 2 is 1.22 bits per heavy atom. The molecule has 6 heteroatoms. The Morgan fingerprint density at radius 3 is 1.72 bits per heavy atom. The highest BCUT2D eigenvalue weighted by atomic mass is 16.5. The van der Waals surface area contributed by atoms with Crippen molar-refractivity contribution < 1.29 is 28.6 Å². The zero-order valence-corrected chi connectivity index (χ0v) is 17.6. The van der Waals surface area contributed by atoms with E-state index < -0.39 is 17.9 Å². The molecule has 0 unspecified atom stereocenters. The van der Waals surface area contributed by atoms with Gasteiger partial charge in [-0.3, -0.25) is 0 Å². The predicted molar refractivity (Wildman–Crippen MR) is 119 cm³/mol. The third kappa shape index (κ3) is 6.40. The molecule has 0 heterocycles. The lowest BCUT2D eigenvalue weighted by molar-refractivity contribution is -0.138. The standard InChI is InChI=1S/C26H22O6/c1-18(2)24(27)30-17-16-19-8-14-23(15-9-19)32-26(29)21-12-10-20(11-13-21)25(28)31-22-6-4-3-5-7-22/h3-15H,1,16-17H2,2H3. The molecule has 162 valence electrons. The average Bonchev–Trinajstić information content (AvgIpc) is 2.80. The summed E-state index contributed by atoms with van der Waals surface area (Å²) in [6, 6.07) is 21.7. The molecule has 0 radical (unpaired) electrons. The molecule has 0 spiro atoms. The minimum Gasteiger partial charge on any atom is -0.462 e. The molecule has 0 saturated carbocycles. The quantitative estimate of drug-likeness (QED) is 0.291. The molecule has 3 aromatic rings. The number of para-hydroxylation sites is 1. The van der Waals surface area contributed by atoms with Gasteiger partial charge in [0.1, 0.15) is 11.5 Å². The van der Waals surface area contributed by atoms with Crippen LogP contribution in [0.3, 0.4) is 0 Å². The highest BCUT2D eigenvalue weighted by Gasteiger charge is 2.12. The summed E-state index contributed by atoms with van der Waals surface area (Å²) in [5, 5.41) is 0. The van der Waals surface area contributed by atoms with Gasteiger partial charge in [-0.25, -0.2) is 14.4 Å². The van der Waals surface area contributed by atoms with Gasteiger partial charge in [0.2, 0.25) is 0 Å². The smallest absolute Gasteiger partial charge is 0.343 e. The van der Waals surface area contributed by atoms with Crippen LogP contribution in [-0.4, -0.2) is 24.5 Å². The summed E-state index contributed by atoms with van der Waals surface area (Å²) in [5.41, 5.74) is 1.91. The summed E-state index contributed by atoms with van der Waals surface area (Å²) >= 11 is 0. The Kier molecular flexibility index (Phi) is 7.54. The fraction of sp³-hybridized carbons (Fsp3) is 0.115. The molecule has 3 rings (SSSR count). The number of hydrogen-bond donors (Lipinski definition) is 0. The van der Waals surface area contributed by atoms with Crippen molar-refractivity contribution in [2.24, 2.45) is 0 Å². The number of carbonyl (C=O) groups excluding carboxylic acids is 3. The Morgan fingerprint density at radius 1 is 0.719 bits per heavy atom. The van der Waals surface area contributed by atoms with E-state index in [2.05, 4.69) is 6.58 Å². The molecule has 32 heavy (non-hydrogen) atoms. The van der Waals surface area contributed by atoms with E-state index in [0.717, 1.165) is 5.56 Å². The van der Waals surface area contributed by atoms with Crippen LogP contribution >= 0.6 is 0 Å². The van der Waals surface area contributed by atoms with Crippen LogP contribution in [0.25, 0.3) is 0 Å². The minimum absolute atomic E-state index is 0.240. The lowest BCUT2D eigenvalue weighted by Crippen LogP contribution is -2.11. The van der Waals surface area contributed by atoms with E-state index in [1.54, 1.807) is 55.5 Å². The molecular weight excluding hydrogens is 408 g/mol. The number of hydrogen-bond acceptors (Lipinski definition) is 6. The Labute approximate surface area is 186 Å². The summed E-state index contributed by atoms with van der Waals surface area (Å²) in [5.74, 6) is -0.657. The zero-order chi connectivity index (χ0) is 22.9. The molecule has 0 aliphatic rings. The van der Waals surface area contributed by atoms with Crippen molar-refractivity contribution in [3.63, 3.8) is 0 Å². The molecule has 0 amide bonds. The molecular formula is C26H22O6. The molecule has 0 N–H and O–H groups in total. The van der Waals surface area contributed by atoms with Gasteiger partial charge in [0.25, 0.3) is 0 Å². The molecule has 0 atom stereocenters. The van der Waals surface area contributed by atoms with Crippen LogP contribution in [0.5, 0.6) is 11.5 Å². The molecule has 0 bridgehead atoms. The van der Waals surface area contributed by atoms with Crippen molar-refractivity contribution in [1.29, 1.82) is 0 Å². The van der Waals surface area contributed by atoms with Crippen molar-refractivity contribution in [2.45, 2.75) is 13.3 Å². The lowest BCUT2D eigenvalue weighted by Gasteiger charge is -2.08. The summed E-state index contributed by atoms with van der Waals surface area (Å²) in [4.78, 5) is 36.0. The first kappa shape index (κ1) is 22.5. The summed E-state index contributed by atoms with van der Waals surface area (Å²) in [6.45, 7) is 5.36. The second-order valence-corrected chi connectivity index (χ2v) is 6.98. The largest absolute Gasteiger partial charge is 0.462 e. The Hall–Kier alpha value is -4.19. The Bertz CT molecular complexity index is 1100. The fourth-order valence-corrected chi connectivity index (χ4v) is 2.67. The second-order valence-electron chi connectivity index (χ2n) is 6.98. The first-order chi connectivity index (χ1) is 15.4. The molecule has 3 aromatic carbocycles. The monoisotopic (exact) mass is 430 g/mol. The summed E-state index contributed by atoms with van der Waals surface area (Å²) in [7, 11) is 0. The maximum atomic E-state index is 12.4. The highest BCUT2D eigenvalue weighted by molar-refractivity contribution is 5.94. The van der Waals surface area contributed by atoms with Gasteiger partial charge in [0.15, 0.2) is 0 Å². The van der Waals surface area contributed by atoms with Crippen molar-refractivity contribution in [2.75, 3.05) is 6.61 Å². The second kappa shape index (κ2) is 10.7. The van der Waals surface area contributed by atoms with Crippen LogP contribution in [0.2, 0.25) is 0 Å². The SMILES string of the molecule is C=C(C)C(=O)OCCc1ccc(OC(=O)c2ccc(C(=O)Oc3ccccc3)cc2)cc1. The van der Waals surface area contributed by atoms with Gasteiger partial charge < -0.3 is 14.2 Å². The van der Waals surface area contributed by atoms with E-state index in [9.17, 15) is 14.4 Å². The van der Waals surface area contributed by atoms with Gasteiger partial charge in [0.05, 0.1) is 17.7 Å². The van der Waals surface area contributed by atoms with Crippen molar-refractivity contribution in [1.82, 2.24) is 0 Å². The maximum Gasteiger partial charge on any atom is 0.343 e. The average molecular weight is 430 g/mol. The number of benzene rings is 3. The zero-order valence-electron chi connectivity index (χ0n) is 17.6. The van der Waals surface area contributed by atoms with Crippen molar-refractivity contribution in [3.05, 3.63) is 108 Å². The van der Waals surface area contributed by atoms with E-state index in [1.165, 1.54) is 24.3 Å². The molecule has 6 nitrogen and oxygen atoms in total.